The molecule has 1 aromatic carbocycles. The van der Waals surface area contributed by atoms with E-state index in [-0.39, 0.29) is 5.91 Å². The summed E-state index contributed by atoms with van der Waals surface area (Å²) in [5.74, 6) is -0.292. The second-order valence-electron chi connectivity index (χ2n) is 3.41. The number of carbonyl (C=O) groups excluding carboxylic acids is 1. The van der Waals surface area contributed by atoms with Crippen LogP contribution in [-0.4, -0.2) is 16.1 Å². The maximum absolute atomic E-state index is 12.0. The first-order chi connectivity index (χ1) is 8.61. The average molecular weight is 347 g/mol. The zero-order valence-corrected chi connectivity index (χ0v) is 12.6. The van der Waals surface area contributed by atoms with Gasteiger partial charge in [0.2, 0.25) is 5.13 Å². The molecule has 0 aliphatic carbocycles. The molecule has 0 aliphatic heterocycles. The summed E-state index contributed by atoms with van der Waals surface area (Å²) in [5, 5.41) is 12.2. The molecule has 0 unspecified atom stereocenters. The van der Waals surface area contributed by atoms with Gasteiger partial charge in [0.05, 0.1) is 10.6 Å². The van der Waals surface area contributed by atoms with Gasteiger partial charge in [0.25, 0.3) is 5.91 Å². The highest BCUT2D eigenvalue weighted by atomic mass is 79.9. The van der Waals surface area contributed by atoms with Crippen LogP contribution in [0.15, 0.2) is 22.7 Å². The van der Waals surface area contributed by atoms with Gasteiger partial charge in [0.1, 0.15) is 5.01 Å². The number of hydrogen-bond acceptors (Lipinski definition) is 4. The minimum absolute atomic E-state index is 0.292. The molecule has 0 radical (unpaired) electrons. The Bertz CT molecular complexity index is 587. The molecule has 94 valence electrons. The molecular formula is C11H9BrClN3OS. The van der Waals surface area contributed by atoms with Crippen molar-refractivity contribution in [3.05, 3.63) is 38.3 Å². The van der Waals surface area contributed by atoms with Crippen LogP contribution in [0.2, 0.25) is 5.02 Å². The summed E-state index contributed by atoms with van der Waals surface area (Å²) < 4.78 is 0.684. The molecule has 0 fully saturated rings. The van der Waals surface area contributed by atoms with Crippen molar-refractivity contribution in [3.63, 3.8) is 0 Å². The van der Waals surface area contributed by atoms with Gasteiger partial charge in [-0.15, -0.1) is 10.2 Å². The summed E-state index contributed by atoms with van der Waals surface area (Å²) in [5.41, 5.74) is 0.402. The van der Waals surface area contributed by atoms with Crippen molar-refractivity contribution >= 4 is 49.9 Å². The van der Waals surface area contributed by atoms with Crippen LogP contribution in [0.3, 0.4) is 0 Å². The van der Waals surface area contributed by atoms with Gasteiger partial charge in [-0.2, -0.15) is 0 Å². The topological polar surface area (TPSA) is 54.9 Å². The van der Waals surface area contributed by atoms with E-state index < -0.39 is 0 Å². The Morgan fingerprint density at radius 2 is 2.28 bits per heavy atom. The molecule has 1 aromatic heterocycles. The number of benzene rings is 1. The highest BCUT2D eigenvalue weighted by Gasteiger charge is 2.14. The van der Waals surface area contributed by atoms with Gasteiger partial charge in [0, 0.05) is 4.47 Å². The van der Waals surface area contributed by atoms with Crippen molar-refractivity contribution in [2.75, 3.05) is 5.32 Å². The van der Waals surface area contributed by atoms with Gasteiger partial charge in [-0.25, -0.2) is 0 Å². The Kier molecular flexibility index (Phi) is 4.31. The first-order valence-corrected chi connectivity index (χ1v) is 7.18. The average Bonchev–Trinajstić information content (AvgIpc) is 2.80. The van der Waals surface area contributed by atoms with E-state index in [1.165, 1.54) is 11.3 Å². The van der Waals surface area contributed by atoms with Crippen LogP contribution in [-0.2, 0) is 6.42 Å². The number of nitrogens with zero attached hydrogens (tertiary/aromatic N) is 2. The van der Waals surface area contributed by atoms with E-state index in [1.54, 1.807) is 18.2 Å². The molecule has 7 heteroatoms. The molecule has 2 aromatic rings. The van der Waals surface area contributed by atoms with Gasteiger partial charge in [-0.05, 0) is 34.5 Å². The second kappa shape index (κ2) is 5.77. The summed E-state index contributed by atoms with van der Waals surface area (Å²) in [6.07, 6.45) is 0.797. The lowest BCUT2D eigenvalue weighted by molar-refractivity contribution is 0.102. The highest BCUT2D eigenvalue weighted by Crippen LogP contribution is 2.27. The van der Waals surface area contributed by atoms with Crippen molar-refractivity contribution in [2.45, 2.75) is 13.3 Å². The molecule has 0 saturated heterocycles. The van der Waals surface area contributed by atoms with Crippen molar-refractivity contribution < 1.29 is 4.79 Å². The van der Waals surface area contributed by atoms with Crippen LogP contribution >= 0.6 is 38.9 Å². The van der Waals surface area contributed by atoms with Gasteiger partial charge in [-0.3, -0.25) is 10.1 Å². The Labute approximate surface area is 122 Å². The third kappa shape index (κ3) is 2.88. The van der Waals surface area contributed by atoms with Gasteiger partial charge in [0.15, 0.2) is 0 Å². The first-order valence-electron chi connectivity index (χ1n) is 5.19. The number of aromatic nitrogens is 2. The molecule has 0 atom stereocenters. The summed E-state index contributed by atoms with van der Waals surface area (Å²) in [7, 11) is 0. The van der Waals surface area contributed by atoms with E-state index in [2.05, 4.69) is 31.4 Å². The molecule has 1 amide bonds. The fraction of sp³-hybridized carbons (Fsp3) is 0.182. The molecule has 4 nitrogen and oxygen atoms in total. The lowest BCUT2D eigenvalue weighted by atomic mass is 10.2. The lowest BCUT2D eigenvalue weighted by Crippen LogP contribution is -2.12. The number of anilines is 1. The maximum atomic E-state index is 12.0. The largest absolute Gasteiger partial charge is 0.296 e. The van der Waals surface area contributed by atoms with E-state index >= 15 is 0 Å². The number of amides is 1. The van der Waals surface area contributed by atoms with Crippen LogP contribution < -0.4 is 5.32 Å². The Morgan fingerprint density at radius 1 is 1.50 bits per heavy atom. The van der Waals surface area contributed by atoms with E-state index in [4.69, 9.17) is 11.6 Å². The third-order valence-corrected chi connectivity index (χ3v) is 4.47. The summed E-state index contributed by atoms with van der Waals surface area (Å²) in [6.45, 7) is 1.98. The van der Waals surface area contributed by atoms with Gasteiger partial charge in [-0.1, -0.05) is 35.9 Å². The van der Waals surface area contributed by atoms with E-state index in [1.807, 2.05) is 6.92 Å². The fourth-order valence-corrected chi connectivity index (χ4v) is 2.54. The Balaban J connectivity index is 2.19. The van der Waals surface area contributed by atoms with Crippen LogP contribution in [0.5, 0.6) is 0 Å². The molecule has 0 bridgehead atoms. The van der Waals surface area contributed by atoms with Crippen LogP contribution in [0, 0.1) is 0 Å². The minimum Gasteiger partial charge on any atom is -0.296 e. The maximum Gasteiger partial charge on any atom is 0.259 e. The normalized spacial score (nSPS) is 10.4. The van der Waals surface area contributed by atoms with Crippen molar-refractivity contribution in [1.29, 1.82) is 0 Å². The minimum atomic E-state index is -0.292. The SMILES string of the molecule is CCc1nnc(NC(=O)c2cccc(Br)c2Cl)s1. The molecule has 0 saturated carbocycles. The Hall–Kier alpha value is -0.980. The summed E-state index contributed by atoms with van der Waals surface area (Å²) in [6, 6.07) is 5.19. The smallest absolute Gasteiger partial charge is 0.259 e. The van der Waals surface area contributed by atoms with Crippen molar-refractivity contribution in [3.8, 4) is 0 Å². The Morgan fingerprint density at radius 3 is 2.94 bits per heavy atom. The summed E-state index contributed by atoms with van der Waals surface area (Å²) in [4.78, 5) is 12.0. The first kappa shape index (κ1) is 13.5. The molecule has 2 rings (SSSR count). The van der Waals surface area contributed by atoms with Gasteiger partial charge < -0.3 is 0 Å². The monoisotopic (exact) mass is 345 g/mol. The molecule has 18 heavy (non-hydrogen) atoms. The standard InChI is InChI=1S/C11H9BrClN3OS/c1-2-8-15-16-11(18-8)14-10(17)6-4-3-5-7(12)9(6)13/h3-5H,2H2,1H3,(H,14,16,17). The number of nitrogens with one attached hydrogen (secondary N) is 1. The fourth-order valence-electron chi connectivity index (χ4n) is 1.29. The van der Waals surface area contributed by atoms with Crippen LogP contribution in [0.1, 0.15) is 22.3 Å². The molecule has 0 aliphatic rings. The zero-order valence-electron chi connectivity index (χ0n) is 9.41. The summed E-state index contributed by atoms with van der Waals surface area (Å²) >= 11 is 10.7. The molecule has 1 N–H and O–H groups in total. The number of hydrogen-bond donors (Lipinski definition) is 1. The van der Waals surface area contributed by atoms with Crippen molar-refractivity contribution in [2.24, 2.45) is 0 Å². The number of rotatable bonds is 3. The van der Waals surface area contributed by atoms with Gasteiger partial charge >= 0.3 is 0 Å². The molecule has 0 spiro atoms. The van der Waals surface area contributed by atoms with E-state index in [0.717, 1.165) is 11.4 Å². The predicted molar refractivity (Wildman–Crippen MR) is 76.4 cm³/mol. The molecular weight excluding hydrogens is 338 g/mol. The van der Waals surface area contributed by atoms with Crippen molar-refractivity contribution in [1.82, 2.24) is 10.2 Å². The molecule has 1 heterocycles. The third-order valence-electron chi connectivity index (χ3n) is 2.19. The lowest BCUT2D eigenvalue weighted by Gasteiger charge is -2.04. The number of aryl methyl sites for hydroxylation is 1. The quantitative estimate of drug-likeness (QED) is 0.920. The number of halogens is 2. The number of carbonyl (C=O) groups is 1. The predicted octanol–water partition coefficient (Wildman–Crippen LogP) is 3.77. The van der Waals surface area contributed by atoms with E-state index in [9.17, 15) is 4.79 Å². The second-order valence-corrected chi connectivity index (χ2v) is 5.70. The van der Waals surface area contributed by atoms with Crippen LogP contribution in [0.25, 0.3) is 0 Å². The van der Waals surface area contributed by atoms with Crippen LogP contribution in [0.4, 0.5) is 5.13 Å². The highest BCUT2D eigenvalue weighted by molar-refractivity contribution is 9.10. The zero-order chi connectivity index (χ0) is 13.1. The van der Waals surface area contributed by atoms with E-state index in [0.29, 0.717) is 20.2 Å².